The number of nitrogens with zero attached hydrogens (tertiary/aromatic N) is 1. The molecule has 0 unspecified atom stereocenters. The van der Waals surface area contributed by atoms with Gasteiger partial charge in [-0.1, -0.05) is 6.07 Å². The first-order valence-electron chi connectivity index (χ1n) is 4.23. The SMILES string of the molecule is O=C(NCCO)OCc1cccnc1. The van der Waals surface area contributed by atoms with E-state index in [9.17, 15) is 4.79 Å². The summed E-state index contributed by atoms with van der Waals surface area (Å²) in [6.07, 6.45) is 2.73. The van der Waals surface area contributed by atoms with Gasteiger partial charge in [0, 0.05) is 24.5 Å². The first kappa shape index (κ1) is 10.5. The minimum Gasteiger partial charge on any atom is -0.445 e. The van der Waals surface area contributed by atoms with Crippen LogP contribution in [-0.4, -0.2) is 29.3 Å². The van der Waals surface area contributed by atoms with Crippen LogP contribution in [0.15, 0.2) is 24.5 Å². The van der Waals surface area contributed by atoms with Crippen molar-refractivity contribution in [3.05, 3.63) is 30.1 Å². The molecule has 5 heteroatoms. The summed E-state index contributed by atoms with van der Waals surface area (Å²) in [5.41, 5.74) is 0.826. The molecule has 1 heterocycles. The van der Waals surface area contributed by atoms with Crippen molar-refractivity contribution in [1.82, 2.24) is 10.3 Å². The fraction of sp³-hybridized carbons (Fsp3) is 0.333. The number of hydrogen-bond acceptors (Lipinski definition) is 4. The van der Waals surface area contributed by atoms with Crippen LogP contribution in [0.4, 0.5) is 4.79 Å². The number of nitrogens with one attached hydrogen (secondary N) is 1. The predicted octanol–water partition coefficient (Wildman–Crippen LogP) is 0.300. The smallest absolute Gasteiger partial charge is 0.407 e. The lowest BCUT2D eigenvalue weighted by Crippen LogP contribution is -2.26. The van der Waals surface area contributed by atoms with Gasteiger partial charge in [-0.15, -0.1) is 0 Å². The highest BCUT2D eigenvalue weighted by molar-refractivity contribution is 5.67. The molecule has 1 aromatic heterocycles. The van der Waals surface area contributed by atoms with Gasteiger partial charge >= 0.3 is 6.09 Å². The molecular weight excluding hydrogens is 184 g/mol. The highest BCUT2D eigenvalue weighted by Crippen LogP contribution is 1.97. The molecule has 5 nitrogen and oxygen atoms in total. The lowest BCUT2D eigenvalue weighted by Gasteiger charge is -2.04. The van der Waals surface area contributed by atoms with Crippen molar-refractivity contribution in [3.63, 3.8) is 0 Å². The van der Waals surface area contributed by atoms with E-state index in [1.807, 2.05) is 6.07 Å². The summed E-state index contributed by atoms with van der Waals surface area (Å²) in [6, 6.07) is 3.58. The summed E-state index contributed by atoms with van der Waals surface area (Å²) in [4.78, 5) is 14.8. The summed E-state index contributed by atoms with van der Waals surface area (Å²) in [5, 5.41) is 10.8. The number of aliphatic hydroxyl groups is 1. The third-order valence-electron chi connectivity index (χ3n) is 1.47. The normalized spacial score (nSPS) is 9.50. The van der Waals surface area contributed by atoms with Gasteiger partial charge in [-0.05, 0) is 6.07 Å². The highest BCUT2D eigenvalue weighted by Gasteiger charge is 2.00. The van der Waals surface area contributed by atoms with Gasteiger partial charge in [0.1, 0.15) is 6.61 Å². The first-order chi connectivity index (χ1) is 6.83. The number of hydrogen-bond donors (Lipinski definition) is 2. The molecule has 0 atom stereocenters. The van der Waals surface area contributed by atoms with Crippen LogP contribution in [0.5, 0.6) is 0 Å². The Morgan fingerprint density at radius 1 is 1.64 bits per heavy atom. The number of amides is 1. The molecule has 14 heavy (non-hydrogen) atoms. The van der Waals surface area contributed by atoms with Crippen LogP contribution in [0, 0.1) is 0 Å². The second-order valence-corrected chi connectivity index (χ2v) is 2.59. The molecule has 0 fully saturated rings. The van der Waals surface area contributed by atoms with Crippen LogP contribution >= 0.6 is 0 Å². The number of rotatable bonds is 4. The molecule has 0 aliphatic carbocycles. The highest BCUT2D eigenvalue weighted by atomic mass is 16.5. The lowest BCUT2D eigenvalue weighted by molar-refractivity contribution is 0.137. The molecule has 2 N–H and O–H groups in total. The van der Waals surface area contributed by atoms with E-state index in [0.717, 1.165) is 5.56 Å². The molecule has 0 saturated heterocycles. The van der Waals surface area contributed by atoms with Crippen molar-refractivity contribution in [3.8, 4) is 0 Å². The zero-order valence-electron chi connectivity index (χ0n) is 7.64. The number of alkyl carbamates (subject to hydrolysis) is 1. The maximum absolute atomic E-state index is 10.9. The van der Waals surface area contributed by atoms with Crippen LogP contribution in [0.25, 0.3) is 0 Å². The van der Waals surface area contributed by atoms with E-state index in [0.29, 0.717) is 0 Å². The van der Waals surface area contributed by atoms with Gasteiger partial charge in [0.25, 0.3) is 0 Å². The molecular formula is C9H12N2O3. The van der Waals surface area contributed by atoms with Crippen molar-refractivity contribution in [2.45, 2.75) is 6.61 Å². The van der Waals surface area contributed by atoms with Crippen molar-refractivity contribution in [2.75, 3.05) is 13.2 Å². The quantitative estimate of drug-likeness (QED) is 0.726. The molecule has 0 aliphatic rings. The molecule has 1 aromatic rings. The van der Waals surface area contributed by atoms with E-state index in [1.165, 1.54) is 0 Å². The second-order valence-electron chi connectivity index (χ2n) is 2.59. The van der Waals surface area contributed by atoms with Gasteiger partial charge in [-0.3, -0.25) is 4.98 Å². The fourth-order valence-corrected chi connectivity index (χ4v) is 0.841. The van der Waals surface area contributed by atoms with Gasteiger partial charge in [0.15, 0.2) is 0 Å². The Kier molecular flexibility index (Phi) is 4.43. The molecule has 0 aromatic carbocycles. The average Bonchev–Trinajstić information content (AvgIpc) is 2.25. The monoisotopic (exact) mass is 196 g/mol. The predicted molar refractivity (Wildman–Crippen MR) is 49.5 cm³/mol. The molecule has 0 radical (unpaired) electrons. The maximum atomic E-state index is 10.9. The molecule has 1 rings (SSSR count). The molecule has 0 spiro atoms. The van der Waals surface area contributed by atoms with Gasteiger partial charge in [-0.2, -0.15) is 0 Å². The van der Waals surface area contributed by atoms with Crippen molar-refractivity contribution < 1.29 is 14.6 Å². The Morgan fingerprint density at radius 3 is 3.14 bits per heavy atom. The van der Waals surface area contributed by atoms with E-state index in [-0.39, 0.29) is 19.8 Å². The van der Waals surface area contributed by atoms with E-state index < -0.39 is 6.09 Å². The summed E-state index contributed by atoms with van der Waals surface area (Å²) in [6.45, 7) is 0.291. The van der Waals surface area contributed by atoms with Crippen LogP contribution in [0.1, 0.15) is 5.56 Å². The van der Waals surface area contributed by atoms with Gasteiger partial charge in [0.2, 0.25) is 0 Å². The number of aliphatic hydroxyl groups excluding tert-OH is 1. The van der Waals surface area contributed by atoms with Crippen molar-refractivity contribution in [2.24, 2.45) is 0 Å². The third-order valence-corrected chi connectivity index (χ3v) is 1.47. The number of ether oxygens (including phenoxy) is 1. The zero-order valence-corrected chi connectivity index (χ0v) is 7.64. The van der Waals surface area contributed by atoms with Gasteiger partial charge < -0.3 is 15.2 Å². The Hall–Kier alpha value is -1.62. The summed E-state index contributed by atoms with van der Waals surface area (Å²) in [7, 11) is 0. The minimum absolute atomic E-state index is 0.0952. The zero-order chi connectivity index (χ0) is 10.2. The molecule has 0 aliphatic heterocycles. The van der Waals surface area contributed by atoms with Gasteiger partial charge in [0.05, 0.1) is 6.61 Å². The average molecular weight is 196 g/mol. The second kappa shape index (κ2) is 5.93. The van der Waals surface area contributed by atoms with Crippen molar-refractivity contribution >= 4 is 6.09 Å². The Morgan fingerprint density at radius 2 is 2.50 bits per heavy atom. The van der Waals surface area contributed by atoms with Crippen LogP contribution < -0.4 is 5.32 Å². The number of pyridine rings is 1. The molecule has 0 saturated carbocycles. The van der Waals surface area contributed by atoms with Crippen LogP contribution in [0.2, 0.25) is 0 Å². The fourth-order valence-electron chi connectivity index (χ4n) is 0.841. The number of carbonyl (C=O) groups excluding carboxylic acids is 1. The Balaban J connectivity index is 2.24. The largest absolute Gasteiger partial charge is 0.445 e. The summed E-state index contributed by atoms with van der Waals surface area (Å²) < 4.78 is 4.83. The van der Waals surface area contributed by atoms with Crippen LogP contribution in [-0.2, 0) is 11.3 Å². The Labute approximate surface area is 81.7 Å². The van der Waals surface area contributed by atoms with E-state index in [4.69, 9.17) is 9.84 Å². The van der Waals surface area contributed by atoms with Crippen LogP contribution in [0.3, 0.4) is 0 Å². The summed E-state index contributed by atoms with van der Waals surface area (Å²) >= 11 is 0. The number of aromatic nitrogens is 1. The Bertz CT molecular complexity index is 277. The lowest BCUT2D eigenvalue weighted by atomic mass is 10.3. The standard InChI is InChI=1S/C9H12N2O3/c12-5-4-11-9(13)14-7-8-2-1-3-10-6-8/h1-3,6,12H,4-5,7H2,(H,11,13). The van der Waals surface area contributed by atoms with E-state index in [2.05, 4.69) is 10.3 Å². The van der Waals surface area contributed by atoms with E-state index in [1.54, 1.807) is 18.5 Å². The molecule has 76 valence electrons. The summed E-state index contributed by atoms with van der Waals surface area (Å²) in [5.74, 6) is 0. The molecule has 0 bridgehead atoms. The topological polar surface area (TPSA) is 71.5 Å². The minimum atomic E-state index is -0.539. The third kappa shape index (κ3) is 3.86. The first-order valence-corrected chi connectivity index (χ1v) is 4.23. The maximum Gasteiger partial charge on any atom is 0.407 e. The van der Waals surface area contributed by atoms with Gasteiger partial charge in [-0.25, -0.2) is 4.79 Å². The van der Waals surface area contributed by atoms with Crippen molar-refractivity contribution in [1.29, 1.82) is 0 Å². The number of carbonyl (C=O) groups is 1. The molecule has 1 amide bonds. The van der Waals surface area contributed by atoms with E-state index >= 15 is 0 Å².